The van der Waals surface area contributed by atoms with Crippen molar-refractivity contribution in [1.29, 1.82) is 0 Å². The lowest BCUT2D eigenvalue weighted by molar-refractivity contribution is 0.515. The lowest BCUT2D eigenvalue weighted by Crippen LogP contribution is -2.04. The maximum atomic E-state index is 5.04. The summed E-state index contributed by atoms with van der Waals surface area (Å²) in [5, 5.41) is 0. The van der Waals surface area contributed by atoms with Crippen molar-refractivity contribution in [3.05, 3.63) is 23.3 Å². The van der Waals surface area contributed by atoms with Gasteiger partial charge in [0, 0.05) is 17.8 Å². The quantitative estimate of drug-likeness (QED) is 0.0609. The number of rotatable bonds is 57. The summed E-state index contributed by atoms with van der Waals surface area (Å²) in [6.45, 7) is 6.91. The minimum Gasteiger partial charge on any atom is -0.238 e. The van der Waals surface area contributed by atoms with Crippen LogP contribution in [-0.4, -0.2) is 9.97 Å². The molecule has 0 aliphatic carbocycles. The van der Waals surface area contributed by atoms with E-state index in [0.29, 0.717) is 0 Å². The van der Waals surface area contributed by atoms with Gasteiger partial charge in [0.1, 0.15) is 5.82 Å². The summed E-state index contributed by atoms with van der Waals surface area (Å²) in [6, 6.07) is 2.37. The monoisotopic (exact) mass is 921 g/mol. The predicted octanol–water partition coefficient (Wildman–Crippen LogP) is 23.2. The van der Waals surface area contributed by atoms with Crippen LogP contribution >= 0.6 is 0 Å². The highest BCUT2D eigenvalue weighted by atomic mass is 14.9. The molecule has 0 N–H and O–H groups in total. The summed E-state index contributed by atoms with van der Waals surface area (Å²) in [6.07, 6.45) is 81.4. The summed E-state index contributed by atoms with van der Waals surface area (Å²) < 4.78 is 0. The summed E-state index contributed by atoms with van der Waals surface area (Å²) in [5.41, 5.74) is 2.65. The second-order valence-electron chi connectivity index (χ2n) is 22.0. The fourth-order valence-corrected chi connectivity index (χ4v) is 10.6. The van der Waals surface area contributed by atoms with Crippen LogP contribution in [0.15, 0.2) is 6.07 Å². The molecule has 2 heteroatoms. The summed E-state index contributed by atoms with van der Waals surface area (Å²) >= 11 is 0. The highest BCUT2D eigenvalue weighted by Gasteiger charge is 2.07. The Labute approximate surface area is 418 Å². The Morgan fingerprint density at radius 1 is 0.197 bits per heavy atom. The molecule has 66 heavy (non-hydrogen) atoms. The summed E-state index contributed by atoms with van der Waals surface area (Å²) in [5.74, 6) is 1.12. The van der Waals surface area contributed by atoms with Crippen LogP contribution in [0.1, 0.15) is 385 Å². The Hall–Kier alpha value is -0.920. The van der Waals surface area contributed by atoms with Crippen molar-refractivity contribution in [3.8, 4) is 0 Å². The van der Waals surface area contributed by atoms with Gasteiger partial charge in [-0.1, -0.05) is 348 Å². The molecule has 0 radical (unpaired) electrons. The molecular formula is C64H124N2. The fourth-order valence-electron chi connectivity index (χ4n) is 10.6. The Kier molecular flexibility index (Phi) is 52.6. The zero-order valence-electron chi connectivity index (χ0n) is 46.3. The first-order valence-corrected chi connectivity index (χ1v) is 31.7. The highest BCUT2D eigenvalue weighted by molar-refractivity contribution is 5.12. The van der Waals surface area contributed by atoms with E-state index in [1.54, 1.807) is 0 Å². The van der Waals surface area contributed by atoms with E-state index in [2.05, 4.69) is 26.8 Å². The largest absolute Gasteiger partial charge is 0.238 e. The van der Waals surface area contributed by atoms with Gasteiger partial charge in [-0.15, -0.1) is 0 Å². The minimum absolute atomic E-state index is 1.05. The van der Waals surface area contributed by atoms with E-state index >= 15 is 0 Å². The van der Waals surface area contributed by atoms with E-state index in [1.165, 1.54) is 358 Å². The Morgan fingerprint density at radius 3 is 0.545 bits per heavy atom. The lowest BCUT2D eigenvalue weighted by Gasteiger charge is -2.09. The van der Waals surface area contributed by atoms with Crippen molar-refractivity contribution in [1.82, 2.24) is 9.97 Å². The average molecular weight is 922 g/mol. The van der Waals surface area contributed by atoms with Crippen molar-refractivity contribution in [3.63, 3.8) is 0 Å². The second kappa shape index (κ2) is 55.0. The molecular weight excluding hydrogens is 797 g/mol. The van der Waals surface area contributed by atoms with E-state index in [-0.39, 0.29) is 0 Å². The number of unbranched alkanes of at least 4 members (excludes halogenated alkanes) is 51. The molecule has 2 nitrogen and oxygen atoms in total. The lowest BCUT2D eigenvalue weighted by atomic mass is 10.0. The van der Waals surface area contributed by atoms with E-state index in [9.17, 15) is 0 Å². The molecule has 1 aromatic heterocycles. The third-order valence-corrected chi connectivity index (χ3v) is 15.2. The Morgan fingerprint density at radius 2 is 0.364 bits per heavy atom. The Balaban J connectivity index is 1.91. The number of aromatic nitrogens is 2. The normalized spacial score (nSPS) is 11.7. The van der Waals surface area contributed by atoms with Gasteiger partial charge >= 0.3 is 0 Å². The van der Waals surface area contributed by atoms with Gasteiger partial charge in [0.2, 0.25) is 0 Å². The molecule has 0 aliphatic rings. The van der Waals surface area contributed by atoms with Gasteiger partial charge in [0.15, 0.2) is 0 Å². The van der Waals surface area contributed by atoms with Crippen LogP contribution in [0.2, 0.25) is 0 Å². The average Bonchev–Trinajstić information content (AvgIpc) is 3.33. The zero-order valence-corrected chi connectivity index (χ0v) is 46.3. The molecule has 0 aliphatic heterocycles. The maximum Gasteiger partial charge on any atom is 0.128 e. The van der Waals surface area contributed by atoms with Crippen LogP contribution in [0.25, 0.3) is 0 Å². The van der Waals surface area contributed by atoms with Crippen LogP contribution < -0.4 is 0 Å². The molecule has 0 spiro atoms. The summed E-state index contributed by atoms with van der Waals surface area (Å²) in [7, 11) is 0. The molecule has 0 bridgehead atoms. The van der Waals surface area contributed by atoms with Gasteiger partial charge in [0.25, 0.3) is 0 Å². The van der Waals surface area contributed by atoms with Crippen molar-refractivity contribution < 1.29 is 0 Å². The van der Waals surface area contributed by atoms with Crippen molar-refractivity contribution in [2.24, 2.45) is 0 Å². The molecule has 0 saturated carbocycles. The first-order chi connectivity index (χ1) is 32.8. The predicted molar refractivity (Wildman–Crippen MR) is 299 cm³/mol. The maximum absolute atomic E-state index is 5.04. The standard InChI is InChI=1S/C64H124N2/c1-4-7-10-12-14-16-18-20-22-24-26-28-30-32-34-36-38-40-42-44-46-48-50-52-54-56-58-62-61-63(66-64(65-62)60-9-6-3)59-57-55-53-51-49-47-45-43-41-39-37-35-33-31-29-27-25-23-21-19-17-15-13-11-8-5-2/h61H,4-60H2,1-3H3. The van der Waals surface area contributed by atoms with Gasteiger partial charge in [0.05, 0.1) is 0 Å². The van der Waals surface area contributed by atoms with E-state index < -0.39 is 0 Å². The molecule has 0 saturated heterocycles. The topological polar surface area (TPSA) is 25.8 Å². The first-order valence-electron chi connectivity index (χ1n) is 31.7. The molecule has 0 atom stereocenters. The van der Waals surface area contributed by atoms with E-state index in [1.807, 2.05) is 0 Å². The molecule has 0 unspecified atom stereocenters. The molecule has 1 rings (SSSR count). The van der Waals surface area contributed by atoms with Crippen molar-refractivity contribution in [2.45, 2.75) is 387 Å². The van der Waals surface area contributed by atoms with Crippen LogP contribution in [0, 0.1) is 0 Å². The van der Waals surface area contributed by atoms with Gasteiger partial charge in [-0.25, -0.2) is 9.97 Å². The molecule has 0 amide bonds. The van der Waals surface area contributed by atoms with Crippen molar-refractivity contribution >= 4 is 0 Å². The van der Waals surface area contributed by atoms with Gasteiger partial charge < -0.3 is 0 Å². The third-order valence-electron chi connectivity index (χ3n) is 15.2. The molecule has 1 aromatic rings. The van der Waals surface area contributed by atoms with E-state index in [4.69, 9.17) is 9.97 Å². The Bertz CT molecular complexity index is 960. The van der Waals surface area contributed by atoms with Crippen LogP contribution in [-0.2, 0) is 19.3 Å². The second-order valence-corrected chi connectivity index (χ2v) is 22.0. The fraction of sp³-hybridized carbons (Fsp3) is 0.938. The van der Waals surface area contributed by atoms with Gasteiger partial charge in [-0.2, -0.15) is 0 Å². The number of hydrogen-bond donors (Lipinski definition) is 0. The molecule has 390 valence electrons. The highest BCUT2D eigenvalue weighted by Crippen LogP contribution is 2.20. The summed E-state index contributed by atoms with van der Waals surface area (Å²) in [4.78, 5) is 10.1. The molecule has 0 aromatic carbocycles. The number of aryl methyl sites for hydroxylation is 3. The van der Waals surface area contributed by atoms with Gasteiger partial charge in [-0.3, -0.25) is 0 Å². The smallest absolute Gasteiger partial charge is 0.128 e. The van der Waals surface area contributed by atoms with Crippen LogP contribution in [0.3, 0.4) is 0 Å². The third kappa shape index (κ3) is 48.1. The molecule has 0 fully saturated rings. The minimum atomic E-state index is 1.05. The van der Waals surface area contributed by atoms with Crippen LogP contribution in [0.4, 0.5) is 0 Å². The first kappa shape index (κ1) is 63.1. The number of nitrogens with zero attached hydrogens (tertiary/aromatic N) is 2. The molecule has 1 heterocycles. The SMILES string of the molecule is CCCCCCCCCCCCCCCCCCCCCCCCCCCCc1cc(CCCCCCCCCCCCCCCCCCCCCCCCCCCC)nc(CCCC)n1. The van der Waals surface area contributed by atoms with Crippen LogP contribution in [0.5, 0.6) is 0 Å². The van der Waals surface area contributed by atoms with E-state index in [0.717, 1.165) is 25.1 Å². The number of hydrogen-bond acceptors (Lipinski definition) is 2. The van der Waals surface area contributed by atoms with Gasteiger partial charge in [-0.05, 0) is 38.2 Å². The zero-order chi connectivity index (χ0) is 47.2. The van der Waals surface area contributed by atoms with Crippen molar-refractivity contribution in [2.75, 3.05) is 0 Å².